The summed E-state index contributed by atoms with van der Waals surface area (Å²) in [6.07, 6.45) is 3.57. The van der Waals surface area contributed by atoms with Gasteiger partial charge in [-0.3, -0.25) is 4.98 Å². The topological polar surface area (TPSA) is 82.3 Å². The van der Waals surface area contributed by atoms with Gasteiger partial charge in [0, 0.05) is 0 Å². The molecule has 1 aliphatic rings. The summed E-state index contributed by atoms with van der Waals surface area (Å²) >= 11 is 0. The first-order valence-corrected chi connectivity index (χ1v) is 5.86. The second kappa shape index (κ2) is 3.42. The van der Waals surface area contributed by atoms with E-state index in [4.69, 9.17) is 9.88 Å². The SMILES string of the molecule is NS(=O)(=O)c1c(F)cncc1OC1CC1. The number of nitrogens with zero attached hydrogens (tertiary/aromatic N) is 1. The van der Waals surface area contributed by atoms with Crippen molar-refractivity contribution in [2.45, 2.75) is 23.8 Å². The van der Waals surface area contributed by atoms with E-state index in [2.05, 4.69) is 4.98 Å². The molecule has 1 aromatic heterocycles. The zero-order chi connectivity index (χ0) is 11.1. The average molecular weight is 232 g/mol. The minimum atomic E-state index is -4.12. The Morgan fingerprint density at radius 1 is 1.47 bits per heavy atom. The number of hydrogen-bond donors (Lipinski definition) is 1. The highest BCUT2D eigenvalue weighted by Crippen LogP contribution is 2.31. The van der Waals surface area contributed by atoms with Gasteiger partial charge in [0.25, 0.3) is 0 Å². The molecule has 2 N–H and O–H groups in total. The Hall–Kier alpha value is -1.21. The Kier molecular flexibility index (Phi) is 2.35. The molecular formula is C8H9FN2O3S. The number of hydrogen-bond acceptors (Lipinski definition) is 4. The van der Waals surface area contributed by atoms with E-state index in [9.17, 15) is 12.8 Å². The van der Waals surface area contributed by atoms with Crippen LogP contribution in [0.4, 0.5) is 4.39 Å². The zero-order valence-corrected chi connectivity index (χ0v) is 8.50. The number of ether oxygens (including phenoxy) is 1. The number of halogens is 1. The maximum absolute atomic E-state index is 13.2. The van der Waals surface area contributed by atoms with Crippen LogP contribution in [0.1, 0.15) is 12.8 Å². The van der Waals surface area contributed by atoms with Gasteiger partial charge in [0.05, 0.1) is 18.5 Å². The Labute approximate surface area is 86.1 Å². The first-order chi connectivity index (χ1) is 6.98. The van der Waals surface area contributed by atoms with Crippen molar-refractivity contribution in [2.75, 3.05) is 0 Å². The van der Waals surface area contributed by atoms with Gasteiger partial charge in [-0.2, -0.15) is 0 Å². The lowest BCUT2D eigenvalue weighted by atomic mass is 10.4. The minimum absolute atomic E-state index is 0.0471. The number of aromatic nitrogens is 1. The lowest BCUT2D eigenvalue weighted by Gasteiger charge is -2.08. The number of primary sulfonamides is 1. The lowest BCUT2D eigenvalue weighted by molar-refractivity contribution is 0.290. The van der Waals surface area contributed by atoms with E-state index >= 15 is 0 Å². The van der Waals surface area contributed by atoms with Crippen molar-refractivity contribution >= 4 is 10.0 Å². The van der Waals surface area contributed by atoms with Gasteiger partial charge in [-0.05, 0) is 12.8 Å². The van der Waals surface area contributed by atoms with Crippen LogP contribution in [-0.4, -0.2) is 19.5 Å². The molecule has 82 valence electrons. The average Bonchev–Trinajstić information content (AvgIpc) is 2.85. The quantitative estimate of drug-likeness (QED) is 0.818. The molecular weight excluding hydrogens is 223 g/mol. The molecule has 1 fully saturated rings. The van der Waals surface area contributed by atoms with Crippen molar-refractivity contribution in [3.05, 3.63) is 18.2 Å². The third-order valence-electron chi connectivity index (χ3n) is 1.92. The molecule has 0 aromatic carbocycles. The maximum Gasteiger partial charge on any atom is 0.244 e. The van der Waals surface area contributed by atoms with Gasteiger partial charge in [-0.1, -0.05) is 0 Å². The fourth-order valence-electron chi connectivity index (χ4n) is 1.13. The molecule has 2 rings (SSSR count). The molecule has 1 aliphatic carbocycles. The van der Waals surface area contributed by atoms with Crippen LogP contribution in [0.2, 0.25) is 0 Å². The third-order valence-corrected chi connectivity index (χ3v) is 2.89. The van der Waals surface area contributed by atoms with Crippen LogP contribution in [0.15, 0.2) is 17.3 Å². The van der Waals surface area contributed by atoms with Crippen molar-refractivity contribution in [1.29, 1.82) is 0 Å². The summed E-state index contributed by atoms with van der Waals surface area (Å²) in [4.78, 5) is 2.90. The highest BCUT2D eigenvalue weighted by molar-refractivity contribution is 7.89. The first kappa shape index (κ1) is 10.3. The molecule has 0 radical (unpaired) electrons. The summed E-state index contributed by atoms with van der Waals surface area (Å²) < 4.78 is 40.6. The van der Waals surface area contributed by atoms with Crippen LogP contribution in [0.25, 0.3) is 0 Å². The van der Waals surface area contributed by atoms with Crippen LogP contribution < -0.4 is 9.88 Å². The normalized spacial score (nSPS) is 16.4. The van der Waals surface area contributed by atoms with E-state index in [1.807, 2.05) is 0 Å². The standard InChI is InChI=1S/C8H9FN2O3S/c9-6-3-11-4-7(14-5-1-2-5)8(6)15(10,12)13/h3-5H,1-2H2,(H2,10,12,13). The van der Waals surface area contributed by atoms with E-state index in [0.29, 0.717) is 0 Å². The van der Waals surface area contributed by atoms with Crippen molar-refractivity contribution in [3.8, 4) is 5.75 Å². The van der Waals surface area contributed by atoms with Crippen molar-refractivity contribution in [2.24, 2.45) is 5.14 Å². The summed E-state index contributed by atoms with van der Waals surface area (Å²) in [5.41, 5.74) is 0. The van der Waals surface area contributed by atoms with Gasteiger partial charge in [-0.15, -0.1) is 0 Å². The van der Waals surface area contributed by atoms with Crippen LogP contribution in [0.5, 0.6) is 5.75 Å². The Bertz CT molecular complexity index is 485. The van der Waals surface area contributed by atoms with E-state index in [0.717, 1.165) is 25.2 Å². The second-order valence-electron chi connectivity index (χ2n) is 3.31. The Balaban J connectivity index is 2.47. The monoisotopic (exact) mass is 232 g/mol. The zero-order valence-electron chi connectivity index (χ0n) is 7.68. The summed E-state index contributed by atoms with van der Waals surface area (Å²) in [6.45, 7) is 0. The fraction of sp³-hybridized carbons (Fsp3) is 0.375. The molecule has 0 amide bonds. The van der Waals surface area contributed by atoms with Gasteiger partial charge in [0.15, 0.2) is 16.5 Å². The summed E-state index contributed by atoms with van der Waals surface area (Å²) in [5, 5.41) is 4.88. The Morgan fingerprint density at radius 2 is 2.13 bits per heavy atom. The van der Waals surface area contributed by atoms with Gasteiger partial charge < -0.3 is 4.74 Å². The predicted molar refractivity (Wildman–Crippen MR) is 49.2 cm³/mol. The minimum Gasteiger partial charge on any atom is -0.487 e. The van der Waals surface area contributed by atoms with E-state index in [1.165, 1.54) is 0 Å². The molecule has 1 aromatic rings. The fourth-order valence-corrected chi connectivity index (χ4v) is 1.84. The lowest BCUT2D eigenvalue weighted by Crippen LogP contribution is -2.16. The van der Waals surface area contributed by atoms with Gasteiger partial charge in [-0.25, -0.2) is 17.9 Å². The van der Waals surface area contributed by atoms with Gasteiger partial charge in [0.2, 0.25) is 10.0 Å². The molecule has 7 heteroatoms. The number of pyridine rings is 1. The number of nitrogens with two attached hydrogens (primary N) is 1. The number of sulfonamides is 1. The smallest absolute Gasteiger partial charge is 0.244 e. The molecule has 1 heterocycles. The van der Waals surface area contributed by atoms with Crippen molar-refractivity contribution < 1.29 is 17.5 Å². The highest BCUT2D eigenvalue weighted by Gasteiger charge is 2.28. The van der Waals surface area contributed by atoms with Crippen LogP contribution in [0.3, 0.4) is 0 Å². The van der Waals surface area contributed by atoms with E-state index < -0.39 is 20.7 Å². The van der Waals surface area contributed by atoms with E-state index in [-0.39, 0.29) is 11.9 Å². The van der Waals surface area contributed by atoms with Crippen molar-refractivity contribution in [3.63, 3.8) is 0 Å². The second-order valence-corrected chi connectivity index (χ2v) is 4.81. The molecule has 5 nitrogen and oxygen atoms in total. The number of rotatable bonds is 3. The van der Waals surface area contributed by atoms with Crippen LogP contribution in [0, 0.1) is 5.82 Å². The van der Waals surface area contributed by atoms with Crippen LogP contribution >= 0.6 is 0 Å². The first-order valence-electron chi connectivity index (χ1n) is 4.31. The summed E-state index contributed by atoms with van der Waals surface area (Å²) in [6, 6.07) is 0. The van der Waals surface area contributed by atoms with Gasteiger partial charge >= 0.3 is 0 Å². The largest absolute Gasteiger partial charge is 0.487 e. The highest BCUT2D eigenvalue weighted by atomic mass is 32.2. The molecule has 0 bridgehead atoms. The van der Waals surface area contributed by atoms with Gasteiger partial charge in [0.1, 0.15) is 0 Å². The third kappa shape index (κ3) is 2.24. The molecule has 0 spiro atoms. The van der Waals surface area contributed by atoms with Crippen molar-refractivity contribution in [1.82, 2.24) is 4.98 Å². The summed E-state index contributed by atoms with van der Waals surface area (Å²) in [5.74, 6) is -1.10. The predicted octanol–water partition coefficient (Wildman–Crippen LogP) is 0.409. The molecule has 0 atom stereocenters. The van der Waals surface area contributed by atoms with E-state index in [1.54, 1.807) is 0 Å². The Morgan fingerprint density at radius 3 is 2.67 bits per heavy atom. The van der Waals surface area contributed by atoms with Crippen LogP contribution in [-0.2, 0) is 10.0 Å². The molecule has 0 aliphatic heterocycles. The maximum atomic E-state index is 13.2. The molecule has 0 saturated heterocycles. The molecule has 0 unspecified atom stereocenters. The summed E-state index contributed by atoms with van der Waals surface area (Å²) in [7, 11) is -4.12. The molecule has 1 saturated carbocycles. The molecule has 15 heavy (non-hydrogen) atoms.